The Bertz CT molecular complexity index is 482. The molecule has 2 N–H and O–H groups in total. The predicted octanol–water partition coefficient (Wildman–Crippen LogP) is 3.09. The van der Waals surface area contributed by atoms with Gasteiger partial charge in [0.1, 0.15) is 11.6 Å². The minimum atomic E-state index is -0.421. The monoisotopic (exact) mass is 279 g/mol. The minimum absolute atomic E-state index is 0.268. The van der Waals surface area contributed by atoms with Crippen LogP contribution in [0.2, 0.25) is 0 Å². The van der Waals surface area contributed by atoms with Crippen LogP contribution < -0.4 is 5.73 Å². The second kappa shape index (κ2) is 6.29. The standard InChI is InChI=1S/C15H25N3O2/c1-4-11-8-6-7-9-12(11)18-10(3)17-13(14(18)16)15(19)20-5-2/h11-12H,4-9,16H2,1-3H3. The van der Waals surface area contributed by atoms with Gasteiger partial charge in [-0.3, -0.25) is 0 Å². The van der Waals surface area contributed by atoms with E-state index >= 15 is 0 Å². The summed E-state index contributed by atoms with van der Waals surface area (Å²) in [5, 5.41) is 0. The number of anilines is 1. The fraction of sp³-hybridized carbons (Fsp3) is 0.733. The molecule has 0 aromatic carbocycles. The van der Waals surface area contributed by atoms with Gasteiger partial charge >= 0.3 is 5.97 Å². The van der Waals surface area contributed by atoms with E-state index in [1.54, 1.807) is 6.92 Å². The van der Waals surface area contributed by atoms with Gasteiger partial charge in [0.15, 0.2) is 5.69 Å². The highest BCUT2D eigenvalue weighted by Gasteiger charge is 2.30. The normalized spacial score (nSPS) is 22.8. The number of rotatable bonds is 4. The first-order chi connectivity index (χ1) is 9.60. The maximum Gasteiger partial charge on any atom is 0.360 e. The van der Waals surface area contributed by atoms with Crippen molar-refractivity contribution in [2.24, 2.45) is 5.92 Å². The summed E-state index contributed by atoms with van der Waals surface area (Å²) in [6.07, 6.45) is 5.98. The van der Waals surface area contributed by atoms with E-state index in [1.807, 2.05) is 6.92 Å². The Hall–Kier alpha value is -1.52. The van der Waals surface area contributed by atoms with Crippen LogP contribution in [0.4, 0.5) is 5.82 Å². The van der Waals surface area contributed by atoms with Crippen LogP contribution >= 0.6 is 0 Å². The van der Waals surface area contributed by atoms with Gasteiger partial charge in [-0.25, -0.2) is 9.78 Å². The lowest BCUT2D eigenvalue weighted by Crippen LogP contribution is -2.25. The van der Waals surface area contributed by atoms with Crippen molar-refractivity contribution >= 4 is 11.8 Å². The lowest BCUT2D eigenvalue weighted by atomic mass is 9.82. The van der Waals surface area contributed by atoms with Crippen LogP contribution in [-0.4, -0.2) is 22.1 Å². The lowest BCUT2D eigenvalue weighted by Gasteiger charge is -2.33. The van der Waals surface area contributed by atoms with Crippen molar-refractivity contribution in [1.82, 2.24) is 9.55 Å². The van der Waals surface area contributed by atoms with Crippen molar-refractivity contribution in [3.8, 4) is 0 Å². The lowest BCUT2D eigenvalue weighted by molar-refractivity contribution is 0.0521. The number of aromatic nitrogens is 2. The minimum Gasteiger partial charge on any atom is -0.461 e. The number of hydrogen-bond acceptors (Lipinski definition) is 4. The number of hydrogen-bond donors (Lipinski definition) is 1. The molecule has 0 spiro atoms. The molecule has 0 bridgehead atoms. The van der Waals surface area contributed by atoms with Crippen molar-refractivity contribution < 1.29 is 9.53 Å². The molecular weight excluding hydrogens is 254 g/mol. The molecule has 0 radical (unpaired) electrons. The number of ether oxygens (including phenoxy) is 1. The maximum atomic E-state index is 11.9. The zero-order chi connectivity index (χ0) is 14.7. The Morgan fingerprint density at radius 3 is 2.75 bits per heavy atom. The highest BCUT2D eigenvalue weighted by molar-refractivity contribution is 5.92. The summed E-state index contributed by atoms with van der Waals surface area (Å²) >= 11 is 0. The maximum absolute atomic E-state index is 11.9. The van der Waals surface area contributed by atoms with Gasteiger partial charge in [0.25, 0.3) is 0 Å². The first-order valence-electron chi connectivity index (χ1n) is 7.61. The van der Waals surface area contributed by atoms with E-state index in [2.05, 4.69) is 16.5 Å². The first kappa shape index (κ1) is 14.9. The van der Waals surface area contributed by atoms with E-state index < -0.39 is 5.97 Å². The molecule has 1 aromatic rings. The molecule has 5 heteroatoms. The average Bonchev–Trinajstić information content (AvgIpc) is 2.74. The van der Waals surface area contributed by atoms with Gasteiger partial charge in [-0.2, -0.15) is 0 Å². The van der Waals surface area contributed by atoms with Gasteiger partial charge < -0.3 is 15.0 Å². The van der Waals surface area contributed by atoms with E-state index in [0.717, 1.165) is 18.7 Å². The third-order valence-electron chi connectivity index (χ3n) is 4.32. The highest BCUT2D eigenvalue weighted by atomic mass is 16.5. The van der Waals surface area contributed by atoms with E-state index in [0.29, 0.717) is 24.4 Å². The molecule has 1 fully saturated rings. The van der Waals surface area contributed by atoms with Crippen molar-refractivity contribution in [1.29, 1.82) is 0 Å². The van der Waals surface area contributed by atoms with Crippen LogP contribution in [0.1, 0.15) is 68.3 Å². The van der Waals surface area contributed by atoms with Crippen molar-refractivity contribution in [2.45, 2.75) is 58.9 Å². The summed E-state index contributed by atoms with van der Waals surface area (Å²) < 4.78 is 7.08. The molecule has 5 nitrogen and oxygen atoms in total. The van der Waals surface area contributed by atoms with Gasteiger partial charge in [-0.1, -0.05) is 26.2 Å². The quantitative estimate of drug-likeness (QED) is 0.860. The Labute approximate surface area is 120 Å². The van der Waals surface area contributed by atoms with Crippen LogP contribution in [0.3, 0.4) is 0 Å². The van der Waals surface area contributed by atoms with E-state index in [9.17, 15) is 4.79 Å². The summed E-state index contributed by atoms with van der Waals surface area (Å²) in [6, 6.07) is 0.365. The topological polar surface area (TPSA) is 70.1 Å². The Balaban J connectivity index is 2.34. The number of nitrogen functional groups attached to an aromatic ring is 1. The summed E-state index contributed by atoms with van der Waals surface area (Å²) in [5.74, 6) is 1.48. The number of esters is 1. The number of nitrogens with zero attached hydrogens (tertiary/aromatic N) is 2. The predicted molar refractivity (Wildman–Crippen MR) is 78.6 cm³/mol. The van der Waals surface area contributed by atoms with E-state index in [-0.39, 0.29) is 5.69 Å². The third-order valence-corrected chi connectivity index (χ3v) is 4.32. The molecule has 0 amide bonds. The molecular formula is C15H25N3O2. The molecule has 20 heavy (non-hydrogen) atoms. The average molecular weight is 279 g/mol. The number of aryl methyl sites for hydroxylation is 1. The van der Waals surface area contributed by atoms with E-state index in [1.165, 1.54) is 19.3 Å². The zero-order valence-corrected chi connectivity index (χ0v) is 12.7. The number of imidazole rings is 1. The zero-order valence-electron chi connectivity index (χ0n) is 12.7. The third kappa shape index (κ3) is 2.67. The molecule has 1 aliphatic rings. The molecule has 0 saturated heterocycles. The Kier molecular flexibility index (Phi) is 4.68. The van der Waals surface area contributed by atoms with Crippen LogP contribution in [0, 0.1) is 12.8 Å². The van der Waals surface area contributed by atoms with Crippen LogP contribution in [-0.2, 0) is 4.74 Å². The fourth-order valence-corrected chi connectivity index (χ4v) is 3.33. The number of carbonyl (C=O) groups is 1. The number of nitrogens with two attached hydrogens (primary N) is 1. The largest absolute Gasteiger partial charge is 0.461 e. The van der Waals surface area contributed by atoms with Crippen LogP contribution in [0.25, 0.3) is 0 Å². The molecule has 1 aliphatic carbocycles. The highest BCUT2D eigenvalue weighted by Crippen LogP contribution is 2.38. The van der Waals surface area contributed by atoms with Crippen molar-refractivity contribution in [3.63, 3.8) is 0 Å². The van der Waals surface area contributed by atoms with Gasteiger partial charge in [0.05, 0.1) is 6.61 Å². The Morgan fingerprint density at radius 2 is 2.10 bits per heavy atom. The summed E-state index contributed by atoms with van der Waals surface area (Å²) in [7, 11) is 0. The SMILES string of the molecule is CCOC(=O)c1nc(C)n(C2CCCCC2CC)c1N. The van der Waals surface area contributed by atoms with Gasteiger partial charge in [-0.05, 0) is 32.6 Å². The Morgan fingerprint density at radius 1 is 1.40 bits per heavy atom. The van der Waals surface area contributed by atoms with Crippen molar-refractivity contribution in [3.05, 3.63) is 11.5 Å². The van der Waals surface area contributed by atoms with Crippen LogP contribution in [0.5, 0.6) is 0 Å². The molecule has 0 aliphatic heterocycles. The molecule has 112 valence electrons. The van der Waals surface area contributed by atoms with Crippen LogP contribution in [0.15, 0.2) is 0 Å². The van der Waals surface area contributed by atoms with E-state index in [4.69, 9.17) is 10.5 Å². The van der Waals surface area contributed by atoms with Gasteiger partial charge in [0, 0.05) is 6.04 Å². The molecule has 2 atom stereocenters. The summed E-state index contributed by atoms with van der Waals surface area (Å²) in [5.41, 5.74) is 6.45. The second-order valence-corrected chi connectivity index (χ2v) is 5.50. The van der Waals surface area contributed by atoms with Crippen molar-refractivity contribution in [2.75, 3.05) is 12.3 Å². The van der Waals surface area contributed by atoms with Gasteiger partial charge in [0.2, 0.25) is 0 Å². The molecule has 1 saturated carbocycles. The summed E-state index contributed by atoms with van der Waals surface area (Å²) in [6.45, 7) is 6.26. The second-order valence-electron chi connectivity index (χ2n) is 5.50. The fourth-order valence-electron chi connectivity index (χ4n) is 3.33. The molecule has 2 rings (SSSR count). The summed E-state index contributed by atoms with van der Waals surface area (Å²) in [4.78, 5) is 16.2. The molecule has 2 unspecified atom stereocenters. The first-order valence-corrected chi connectivity index (χ1v) is 7.61. The molecule has 1 aromatic heterocycles. The molecule has 1 heterocycles. The number of carbonyl (C=O) groups excluding carboxylic acids is 1. The van der Waals surface area contributed by atoms with Gasteiger partial charge in [-0.15, -0.1) is 0 Å². The smallest absolute Gasteiger partial charge is 0.360 e.